The summed E-state index contributed by atoms with van der Waals surface area (Å²) in [5.74, 6) is -6.37. The van der Waals surface area contributed by atoms with Gasteiger partial charge in [-0.05, 0) is 61.1 Å². The van der Waals surface area contributed by atoms with E-state index in [2.05, 4.69) is 4.74 Å². The number of nitrogens with zero attached hydrogens (tertiary/aromatic N) is 2. The number of halogens is 6. The van der Waals surface area contributed by atoms with Crippen molar-refractivity contribution < 1.29 is 56.1 Å². The molecular weight excluding hydrogens is 651 g/mol. The van der Waals surface area contributed by atoms with Crippen molar-refractivity contribution in [2.24, 2.45) is 11.8 Å². The molecule has 45 heavy (non-hydrogen) atoms. The van der Waals surface area contributed by atoms with Crippen LogP contribution in [0.3, 0.4) is 0 Å². The molecular formula is C29H30Cl2F4N2O8. The summed E-state index contributed by atoms with van der Waals surface area (Å²) in [7, 11) is 3.67. The SMILES string of the molecule is COC(=O)C1CCN(C(=O)OC)C(c2cc(F)c(Cl)c(F)c2)C1.COC(=O)N1CCC(C(=O)O)CC1c1cc(F)c(Cl)c(F)c1. The lowest BCUT2D eigenvalue weighted by molar-refractivity contribution is -0.147. The Kier molecular flexibility index (Phi) is 12.3. The Hall–Kier alpha value is -3.78. The fourth-order valence-corrected chi connectivity index (χ4v) is 5.59. The second kappa shape index (κ2) is 15.5. The van der Waals surface area contributed by atoms with E-state index in [-0.39, 0.29) is 43.5 Å². The van der Waals surface area contributed by atoms with Crippen LogP contribution in [0, 0.1) is 35.1 Å². The van der Waals surface area contributed by atoms with Gasteiger partial charge in [-0.2, -0.15) is 0 Å². The van der Waals surface area contributed by atoms with Crippen molar-refractivity contribution in [3.8, 4) is 0 Å². The van der Waals surface area contributed by atoms with Crippen molar-refractivity contribution in [2.45, 2.75) is 37.8 Å². The summed E-state index contributed by atoms with van der Waals surface area (Å²) in [5, 5.41) is 7.88. The molecule has 1 N–H and O–H groups in total. The Morgan fingerprint density at radius 3 is 1.38 bits per heavy atom. The molecule has 0 aliphatic carbocycles. The van der Waals surface area contributed by atoms with Crippen LogP contribution in [-0.4, -0.2) is 73.5 Å². The number of benzene rings is 2. The van der Waals surface area contributed by atoms with Crippen LogP contribution in [0.4, 0.5) is 27.2 Å². The van der Waals surface area contributed by atoms with Gasteiger partial charge in [-0.1, -0.05) is 23.2 Å². The molecule has 2 heterocycles. The van der Waals surface area contributed by atoms with E-state index in [1.807, 2.05) is 0 Å². The van der Waals surface area contributed by atoms with Crippen molar-refractivity contribution >= 4 is 47.3 Å². The third-order valence-corrected chi connectivity index (χ3v) is 8.41. The summed E-state index contributed by atoms with van der Waals surface area (Å²) in [6, 6.07) is 2.65. The lowest BCUT2D eigenvalue weighted by Crippen LogP contribution is -2.43. The number of likely N-dealkylation sites (tertiary alicyclic amines) is 2. The molecule has 0 radical (unpaired) electrons. The summed E-state index contributed by atoms with van der Waals surface area (Å²) in [6.07, 6.45) is -0.442. The second-order valence-corrected chi connectivity index (χ2v) is 11.0. The molecule has 0 saturated carbocycles. The second-order valence-electron chi connectivity index (χ2n) is 10.3. The minimum absolute atomic E-state index is 0.0466. The number of hydrogen-bond donors (Lipinski definition) is 1. The maximum Gasteiger partial charge on any atom is 0.409 e. The first-order valence-electron chi connectivity index (χ1n) is 13.5. The fraction of sp³-hybridized carbons (Fsp3) is 0.448. The molecule has 2 aliphatic heterocycles. The number of hydrogen-bond acceptors (Lipinski definition) is 7. The number of aliphatic carboxylic acids is 1. The number of carbonyl (C=O) groups excluding carboxylic acids is 3. The van der Waals surface area contributed by atoms with Gasteiger partial charge in [0, 0.05) is 13.1 Å². The monoisotopic (exact) mass is 680 g/mol. The summed E-state index contributed by atoms with van der Waals surface area (Å²) in [4.78, 5) is 49.2. The van der Waals surface area contributed by atoms with Gasteiger partial charge in [-0.3, -0.25) is 9.59 Å². The normalized spacial score (nSPS) is 21.3. The van der Waals surface area contributed by atoms with Crippen LogP contribution in [0.5, 0.6) is 0 Å². The highest BCUT2D eigenvalue weighted by Crippen LogP contribution is 2.38. The topological polar surface area (TPSA) is 123 Å². The molecule has 2 amide bonds. The Morgan fingerprint density at radius 2 is 1.04 bits per heavy atom. The lowest BCUT2D eigenvalue weighted by Gasteiger charge is -2.37. The van der Waals surface area contributed by atoms with Crippen LogP contribution in [-0.2, 0) is 23.8 Å². The van der Waals surface area contributed by atoms with Gasteiger partial charge in [0.15, 0.2) is 0 Å². The Morgan fingerprint density at radius 1 is 0.689 bits per heavy atom. The highest BCUT2D eigenvalue weighted by Gasteiger charge is 2.38. The van der Waals surface area contributed by atoms with Crippen LogP contribution in [0.1, 0.15) is 48.9 Å². The molecule has 2 aromatic rings. The van der Waals surface area contributed by atoms with Gasteiger partial charge >= 0.3 is 24.1 Å². The van der Waals surface area contributed by atoms with Crippen molar-refractivity contribution in [1.29, 1.82) is 0 Å². The maximum atomic E-state index is 13.7. The molecule has 16 heteroatoms. The van der Waals surface area contributed by atoms with Crippen LogP contribution < -0.4 is 0 Å². The van der Waals surface area contributed by atoms with E-state index in [1.54, 1.807) is 0 Å². The van der Waals surface area contributed by atoms with Gasteiger partial charge in [-0.15, -0.1) is 0 Å². The predicted molar refractivity (Wildman–Crippen MR) is 152 cm³/mol. The third-order valence-electron chi connectivity index (χ3n) is 7.69. The van der Waals surface area contributed by atoms with Crippen molar-refractivity contribution in [3.05, 3.63) is 68.7 Å². The Bertz CT molecular complexity index is 1400. The number of rotatable bonds is 4. The molecule has 2 saturated heterocycles. The smallest absolute Gasteiger partial charge is 0.409 e. The highest BCUT2D eigenvalue weighted by molar-refractivity contribution is 6.31. The molecule has 10 nitrogen and oxygen atoms in total. The Balaban J connectivity index is 0.000000246. The van der Waals surface area contributed by atoms with Crippen LogP contribution in [0.2, 0.25) is 10.0 Å². The van der Waals surface area contributed by atoms with E-state index < -0.39 is 81.4 Å². The molecule has 0 bridgehead atoms. The van der Waals surface area contributed by atoms with Crippen molar-refractivity contribution in [3.63, 3.8) is 0 Å². The van der Waals surface area contributed by atoms with Crippen LogP contribution >= 0.6 is 23.2 Å². The van der Waals surface area contributed by atoms with Gasteiger partial charge in [0.25, 0.3) is 0 Å². The van der Waals surface area contributed by atoms with Gasteiger partial charge in [0.1, 0.15) is 33.3 Å². The minimum Gasteiger partial charge on any atom is -0.481 e. The minimum atomic E-state index is -1.01. The molecule has 2 fully saturated rings. The first-order valence-corrected chi connectivity index (χ1v) is 14.3. The molecule has 4 unspecified atom stereocenters. The van der Waals surface area contributed by atoms with Gasteiger partial charge < -0.3 is 29.1 Å². The molecule has 0 aromatic heterocycles. The number of amides is 2. The molecule has 2 aromatic carbocycles. The van der Waals surface area contributed by atoms with E-state index in [9.17, 15) is 36.7 Å². The van der Waals surface area contributed by atoms with E-state index in [0.29, 0.717) is 6.42 Å². The zero-order chi connectivity index (χ0) is 33.6. The van der Waals surface area contributed by atoms with Gasteiger partial charge in [0.05, 0.1) is 45.2 Å². The average molecular weight is 681 g/mol. The lowest BCUT2D eigenvalue weighted by atomic mass is 9.87. The number of methoxy groups -OCH3 is 3. The zero-order valence-electron chi connectivity index (χ0n) is 24.3. The molecule has 2 aliphatic rings. The first-order chi connectivity index (χ1) is 21.2. The number of carbonyl (C=O) groups is 4. The predicted octanol–water partition coefficient (Wildman–Crippen LogP) is 6.53. The molecule has 0 spiro atoms. The van der Waals surface area contributed by atoms with Gasteiger partial charge in [0.2, 0.25) is 0 Å². The quantitative estimate of drug-likeness (QED) is 0.167. The maximum absolute atomic E-state index is 13.7. The van der Waals surface area contributed by atoms with E-state index in [1.165, 1.54) is 31.1 Å². The summed E-state index contributed by atoms with van der Waals surface area (Å²) >= 11 is 10.9. The van der Waals surface area contributed by atoms with Crippen molar-refractivity contribution in [2.75, 3.05) is 34.4 Å². The largest absolute Gasteiger partial charge is 0.481 e. The molecule has 4 atom stereocenters. The van der Waals surface area contributed by atoms with E-state index in [0.717, 1.165) is 24.3 Å². The summed E-state index contributed by atoms with van der Waals surface area (Å²) in [5.41, 5.74) is 0.360. The number of ether oxygens (including phenoxy) is 3. The van der Waals surface area contributed by atoms with Crippen LogP contribution in [0.25, 0.3) is 0 Å². The Labute approximate surface area is 265 Å². The zero-order valence-corrected chi connectivity index (χ0v) is 25.8. The average Bonchev–Trinajstić information content (AvgIpc) is 3.04. The number of carboxylic acids is 1. The van der Waals surface area contributed by atoms with E-state index in [4.69, 9.17) is 37.8 Å². The molecule has 246 valence electrons. The first kappa shape index (κ1) is 35.7. The highest BCUT2D eigenvalue weighted by atomic mass is 35.5. The number of carboxylic acid groups (broad SMARTS) is 1. The third kappa shape index (κ3) is 8.28. The summed E-state index contributed by atoms with van der Waals surface area (Å²) in [6.45, 7) is 0.336. The van der Waals surface area contributed by atoms with Crippen molar-refractivity contribution in [1.82, 2.24) is 9.80 Å². The standard InChI is InChI=1S/C15H16ClF2NO4.C14H14ClF2NO4/c1-22-14(20)8-3-4-19(15(21)23-2)12(7-8)9-5-10(17)13(16)11(18)6-9;1-22-14(21)18-3-2-7(13(19)20)6-11(18)8-4-9(16)12(15)10(17)5-8/h5-6,8,12H,3-4,7H2,1-2H3;4-5,7,11H,2-3,6H2,1H3,(H,19,20). The van der Waals surface area contributed by atoms with E-state index >= 15 is 0 Å². The summed E-state index contributed by atoms with van der Waals surface area (Å²) < 4.78 is 68.8. The number of esters is 1. The fourth-order valence-electron chi connectivity index (χ4n) is 5.37. The molecule has 4 rings (SSSR count). The van der Waals surface area contributed by atoms with Crippen LogP contribution in [0.15, 0.2) is 24.3 Å². The number of piperidine rings is 2. The van der Waals surface area contributed by atoms with Gasteiger partial charge in [-0.25, -0.2) is 27.2 Å².